The smallest absolute Gasteiger partial charge is 0.277 e. The third-order valence-corrected chi connectivity index (χ3v) is 3.59. The molecule has 0 atom stereocenters. The van der Waals surface area contributed by atoms with E-state index in [4.69, 9.17) is 15.9 Å². The molecule has 7 heteroatoms. The van der Waals surface area contributed by atoms with Crippen LogP contribution < -0.4 is 14.9 Å². The number of benzene rings is 2. The van der Waals surface area contributed by atoms with Crippen LogP contribution in [-0.4, -0.2) is 25.3 Å². The molecule has 0 aliphatic carbocycles. The Labute approximate surface area is 153 Å². The minimum absolute atomic E-state index is 0.162. The molecule has 0 heterocycles. The first-order chi connectivity index (χ1) is 12.1. The molecule has 2 aromatic carbocycles. The van der Waals surface area contributed by atoms with Crippen LogP contribution in [0.5, 0.6) is 11.5 Å². The number of carbonyl (C=O) groups is 1. The number of halogens is 2. The SMILES string of the molecule is C#CCOc1ccc(Br)c(C=NNC(=O)COc2ccc(F)cc2)c1. The number of hydrogen-bond acceptors (Lipinski definition) is 4. The monoisotopic (exact) mass is 404 g/mol. The van der Waals surface area contributed by atoms with Crippen LogP contribution in [0.4, 0.5) is 4.39 Å². The summed E-state index contributed by atoms with van der Waals surface area (Å²) < 4.78 is 24.1. The van der Waals surface area contributed by atoms with Crippen molar-refractivity contribution in [2.24, 2.45) is 5.10 Å². The van der Waals surface area contributed by atoms with Gasteiger partial charge in [-0.15, -0.1) is 6.42 Å². The largest absolute Gasteiger partial charge is 0.484 e. The van der Waals surface area contributed by atoms with E-state index in [0.717, 1.165) is 4.47 Å². The minimum atomic E-state index is -0.448. The number of nitrogens with zero attached hydrogens (tertiary/aromatic N) is 1. The first-order valence-corrected chi connectivity index (χ1v) is 7.94. The molecule has 0 aliphatic rings. The van der Waals surface area contributed by atoms with Crippen molar-refractivity contribution in [3.05, 3.63) is 58.3 Å². The van der Waals surface area contributed by atoms with Crippen LogP contribution in [0, 0.1) is 18.2 Å². The standard InChI is InChI=1S/C18H14BrFN2O3/c1-2-9-24-16-7-8-17(19)13(10-16)11-21-22-18(23)12-25-15-5-3-14(20)4-6-15/h1,3-8,10-11H,9,12H2,(H,22,23). The van der Waals surface area contributed by atoms with Crippen LogP contribution in [0.2, 0.25) is 0 Å². The molecule has 0 spiro atoms. The average molecular weight is 405 g/mol. The van der Waals surface area contributed by atoms with Crippen molar-refractivity contribution < 1.29 is 18.7 Å². The Morgan fingerprint density at radius 1 is 1.24 bits per heavy atom. The molecular formula is C18H14BrFN2O3. The lowest BCUT2D eigenvalue weighted by atomic mass is 10.2. The zero-order chi connectivity index (χ0) is 18.1. The summed E-state index contributed by atoms with van der Waals surface area (Å²) in [5.41, 5.74) is 3.04. The number of nitrogens with one attached hydrogen (secondary N) is 1. The molecule has 0 unspecified atom stereocenters. The van der Waals surface area contributed by atoms with E-state index in [1.165, 1.54) is 30.5 Å². The summed E-state index contributed by atoms with van der Waals surface area (Å²) in [6.45, 7) is -0.0782. The summed E-state index contributed by atoms with van der Waals surface area (Å²) in [4.78, 5) is 11.7. The predicted molar refractivity (Wildman–Crippen MR) is 96.1 cm³/mol. The van der Waals surface area contributed by atoms with Gasteiger partial charge in [0, 0.05) is 10.0 Å². The molecule has 1 N–H and O–H groups in total. The van der Waals surface area contributed by atoms with Gasteiger partial charge in [0.25, 0.3) is 5.91 Å². The molecule has 0 saturated carbocycles. The predicted octanol–water partition coefficient (Wildman–Crippen LogP) is 3.13. The third kappa shape index (κ3) is 6.28. The van der Waals surface area contributed by atoms with Crippen molar-refractivity contribution in [1.82, 2.24) is 5.43 Å². The van der Waals surface area contributed by atoms with E-state index < -0.39 is 5.91 Å². The Balaban J connectivity index is 1.86. The first-order valence-electron chi connectivity index (χ1n) is 7.14. The van der Waals surface area contributed by atoms with Gasteiger partial charge < -0.3 is 9.47 Å². The molecule has 2 rings (SSSR count). The fraction of sp³-hybridized carbons (Fsp3) is 0.111. The Bertz CT molecular complexity index is 801. The number of ether oxygens (including phenoxy) is 2. The molecule has 5 nitrogen and oxygen atoms in total. The van der Waals surface area contributed by atoms with Gasteiger partial charge in [-0.1, -0.05) is 21.9 Å². The maximum absolute atomic E-state index is 12.8. The lowest BCUT2D eigenvalue weighted by Gasteiger charge is -2.06. The minimum Gasteiger partial charge on any atom is -0.484 e. The zero-order valence-electron chi connectivity index (χ0n) is 13.0. The highest BCUT2D eigenvalue weighted by molar-refractivity contribution is 9.10. The molecule has 0 aromatic heterocycles. The first kappa shape index (κ1) is 18.5. The fourth-order valence-corrected chi connectivity index (χ4v) is 2.07. The second-order valence-electron chi connectivity index (χ2n) is 4.71. The Morgan fingerprint density at radius 2 is 1.96 bits per heavy atom. The quantitative estimate of drug-likeness (QED) is 0.438. The highest BCUT2D eigenvalue weighted by Gasteiger charge is 2.03. The lowest BCUT2D eigenvalue weighted by molar-refractivity contribution is -0.123. The summed E-state index contributed by atoms with van der Waals surface area (Å²) in [7, 11) is 0. The van der Waals surface area contributed by atoms with E-state index in [1.54, 1.807) is 18.2 Å². The summed E-state index contributed by atoms with van der Waals surface area (Å²) >= 11 is 3.38. The molecule has 0 bridgehead atoms. The molecule has 128 valence electrons. The van der Waals surface area contributed by atoms with Gasteiger partial charge in [0.1, 0.15) is 23.9 Å². The average Bonchev–Trinajstić information content (AvgIpc) is 2.61. The van der Waals surface area contributed by atoms with Crippen molar-refractivity contribution in [3.8, 4) is 23.8 Å². The number of carbonyl (C=O) groups excluding carboxylic acids is 1. The van der Waals surface area contributed by atoms with Crippen molar-refractivity contribution in [2.75, 3.05) is 13.2 Å². The van der Waals surface area contributed by atoms with Crippen molar-refractivity contribution in [2.45, 2.75) is 0 Å². The number of amides is 1. The van der Waals surface area contributed by atoms with E-state index in [9.17, 15) is 9.18 Å². The van der Waals surface area contributed by atoms with E-state index in [1.807, 2.05) is 0 Å². The van der Waals surface area contributed by atoms with Crippen LogP contribution in [0.15, 0.2) is 52.0 Å². The number of hydrogen-bond donors (Lipinski definition) is 1. The van der Waals surface area contributed by atoms with Crippen LogP contribution in [0.1, 0.15) is 5.56 Å². The number of hydrazone groups is 1. The molecule has 0 saturated heterocycles. The number of terminal acetylenes is 1. The fourth-order valence-electron chi connectivity index (χ4n) is 1.72. The second-order valence-corrected chi connectivity index (χ2v) is 5.57. The Hall–Kier alpha value is -2.85. The second kappa shape index (κ2) is 9.45. The molecule has 25 heavy (non-hydrogen) atoms. The van der Waals surface area contributed by atoms with Gasteiger partial charge in [-0.2, -0.15) is 5.10 Å². The summed E-state index contributed by atoms with van der Waals surface area (Å²) in [5, 5.41) is 3.86. The highest BCUT2D eigenvalue weighted by Crippen LogP contribution is 2.21. The van der Waals surface area contributed by atoms with Gasteiger partial charge in [0.05, 0.1) is 6.21 Å². The molecule has 0 radical (unpaired) electrons. The lowest BCUT2D eigenvalue weighted by Crippen LogP contribution is -2.24. The molecular weight excluding hydrogens is 391 g/mol. The van der Waals surface area contributed by atoms with Crippen molar-refractivity contribution in [1.29, 1.82) is 0 Å². The van der Waals surface area contributed by atoms with Gasteiger partial charge in [0.15, 0.2) is 6.61 Å². The summed E-state index contributed by atoms with van der Waals surface area (Å²) in [6.07, 6.45) is 6.61. The van der Waals surface area contributed by atoms with Gasteiger partial charge in [0.2, 0.25) is 0 Å². The van der Waals surface area contributed by atoms with E-state index in [0.29, 0.717) is 17.1 Å². The highest BCUT2D eigenvalue weighted by atomic mass is 79.9. The molecule has 0 fully saturated rings. The van der Waals surface area contributed by atoms with E-state index in [-0.39, 0.29) is 19.0 Å². The van der Waals surface area contributed by atoms with E-state index >= 15 is 0 Å². The third-order valence-electron chi connectivity index (χ3n) is 2.87. The maximum Gasteiger partial charge on any atom is 0.277 e. The summed E-state index contributed by atoms with van der Waals surface area (Å²) in [6, 6.07) is 10.6. The van der Waals surface area contributed by atoms with Crippen LogP contribution >= 0.6 is 15.9 Å². The van der Waals surface area contributed by atoms with Crippen LogP contribution in [0.25, 0.3) is 0 Å². The van der Waals surface area contributed by atoms with E-state index in [2.05, 4.69) is 32.4 Å². The van der Waals surface area contributed by atoms with Crippen LogP contribution in [-0.2, 0) is 4.79 Å². The van der Waals surface area contributed by atoms with Gasteiger partial charge >= 0.3 is 0 Å². The van der Waals surface area contributed by atoms with Crippen LogP contribution in [0.3, 0.4) is 0 Å². The van der Waals surface area contributed by atoms with Crippen molar-refractivity contribution in [3.63, 3.8) is 0 Å². The molecule has 0 aliphatic heterocycles. The topological polar surface area (TPSA) is 59.9 Å². The van der Waals surface area contributed by atoms with Gasteiger partial charge in [-0.3, -0.25) is 4.79 Å². The normalized spacial score (nSPS) is 10.3. The van der Waals surface area contributed by atoms with Crippen molar-refractivity contribution >= 4 is 28.1 Å². The van der Waals surface area contributed by atoms with Gasteiger partial charge in [-0.05, 0) is 42.5 Å². The Morgan fingerprint density at radius 3 is 2.68 bits per heavy atom. The zero-order valence-corrected chi connectivity index (χ0v) is 14.6. The molecule has 1 amide bonds. The van der Waals surface area contributed by atoms with Gasteiger partial charge in [-0.25, -0.2) is 9.82 Å². The maximum atomic E-state index is 12.8. The Kier molecular flexibility index (Phi) is 6.99. The molecule has 2 aromatic rings. The summed E-state index contributed by atoms with van der Waals surface area (Å²) in [5.74, 6) is 2.54. The number of rotatable bonds is 7.